The molecule has 0 saturated carbocycles. The molecule has 2 aliphatic heterocycles. The molecule has 0 bridgehead atoms. The zero-order valence-corrected chi connectivity index (χ0v) is 16.7. The third-order valence-electron chi connectivity index (χ3n) is 5.40. The molecule has 146 valence electrons. The van der Waals surface area contributed by atoms with Crippen LogP contribution in [0.3, 0.4) is 0 Å². The Bertz CT molecular complexity index is 1040. The average molecular weight is 398 g/mol. The summed E-state index contributed by atoms with van der Waals surface area (Å²) >= 11 is 0. The molecule has 28 heavy (non-hydrogen) atoms. The van der Waals surface area contributed by atoms with Crippen molar-refractivity contribution in [1.29, 1.82) is 0 Å². The monoisotopic (exact) mass is 398 g/mol. The molecule has 2 aromatic rings. The quantitative estimate of drug-likeness (QED) is 0.743. The van der Waals surface area contributed by atoms with Gasteiger partial charge in [0.1, 0.15) is 0 Å². The van der Waals surface area contributed by atoms with Gasteiger partial charge in [-0.15, -0.1) is 0 Å². The predicted octanol–water partition coefficient (Wildman–Crippen LogP) is 3.13. The van der Waals surface area contributed by atoms with Crippen molar-refractivity contribution in [2.24, 2.45) is 5.92 Å². The first kappa shape index (κ1) is 18.7. The largest absolute Gasteiger partial charge is 0.371 e. The number of hydrogen-bond donors (Lipinski definition) is 0. The van der Waals surface area contributed by atoms with Gasteiger partial charge in [-0.05, 0) is 49.1 Å². The smallest absolute Gasteiger partial charge is 0.266 e. The van der Waals surface area contributed by atoms with E-state index in [4.69, 9.17) is 0 Å². The molecular formula is C21H22N2O4S. The van der Waals surface area contributed by atoms with Gasteiger partial charge >= 0.3 is 0 Å². The van der Waals surface area contributed by atoms with E-state index < -0.39 is 21.7 Å². The van der Waals surface area contributed by atoms with Crippen LogP contribution in [0.2, 0.25) is 0 Å². The number of imide groups is 1. The topological polar surface area (TPSA) is 74.8 Å². The van der Waals surface area contributed by atoms with Crippen LogP contribution in [0, 0.1) is 5.92 Å². The van der Waals surface area contributed by atoms with Crippen LogP contribution in [0.25, 0.3) is 0 Å². The maximum absolute atomic E-state index is 12.9. The van der Waals surface area contributed by atoms with E-state index in [-0.39, 0.29) is 10.6 Å². The fourth-order valence-corrected chi connectivity index (χ4v) is 4.87. The SMILES string of the molecule is CC1CCCN(c2ccc(S(C)(=O)=O)c(N3C(=O)c4ccccc4C3=O)c2)C1. The summed E-state index contributed by atoms with van der Waals surface area (Å²) in [5.74, 6) is -0.449. The van der Waals surface area contributed by atoms with Gasteiger partial charge in [0, 0.05) is 25.0 Å². The van der Waals surface area contributed by atoms with E-state index >= 15 is 0 Å². The Labute approximate surface area is 164 Å². The van der Waals surface area contributed by atoms with Crippen molar-refractivity contribution in [1.82, 2.24) is 0 Å². The highest BCUT2D eigenvalue weighted by atomic mass is 32.2. The standard InChI is InChI=1S/C21H22N2O4S/c1-14-6-5-11-22(13-14)15-9-10-19(28(2,26)27)18(12-15)23-20(24)16-7-3-4-8-17(16)21(23)25/h3-4,7-10,12,14H,5-6,11,13H2,1-2H3. The lowest BCUT2D eigenvalue weighted by Gasteiger charge is -2.33. The normalized spacial score (nSPS) is 19.9. The number of carbonyl (C=O) groups excluding carboxylic acids is 2. The minimum absolute atomic E-state index is 0.0178. The van der Waals surface area contributed by atoms with Crippen LogP contribution >= 0.6 is 0 Å². The average Bonchev–Trinajstić information content (AvgIpc) is 2.91. The summed E-state index contributed by atoms with van der Waals surface area (Å²) in [6.07, 6.45) is 3.30. The molecule has 2 aliphatic rings. The van der Waals surface area contributed by atoms with Crippen LogP contribution in [0.1, 0.15) is 40.5 Å². The lowest BCUT2D eigenvalue weighted by atomic mass is 9.99. The maximum Gasteiger partial charge on any atom is 0.266 e. The van der Waals surface area contributed by atoms with Gasteiger partial charge in [0.25, 0.3) is 11.8 Å². The number of hydrogen-bond acceptors (Lipinski definition) is 5. The number of amides is 2. The molecule has 6 nitrogen and oxygen atoms in total. The second kappa shape index (κ2) is 6.74. The number of carbonyl (C=O) groups is 2. The second-order valence-corrected chi connectivity index (χ2v) is 9.59. The first-order chi connectivity index (χ1) is 13.3. The van der Waals surface area contributed by atoms with Crippen LogP contribution in [0.4, 0.5) is 11.4 Å². The van der Waals surface area contributed by atoms with Gasteiger partial charge in [-0.25, -0.2) is 13.3 Å². The lowest BCUT2D eigenvalue weighted by Crippen LogP contribution is -2.35. The van der Waals surface area contributed by atoms with Gasteiger partial charge in [0.2, 0.25) is 0 Å². The second-order valence-electron chi connectivity index (χ2n) is 7.61. The van der Waals surface area contributed by atoms with Crippen molar-refractivity contribution in [3.63, 3.8) is 0 Å². The molecule has 2 aromatic carbocycles. The van der Waals surface area contributed by atoms with Gasteiger partial charge in [0.05, 0.1) is 21.7 Å². The lowest BCUT2D eigenvalue weighted by molar-refractivity contribution is 0.0925. The molecule has 0 radical (unpaired) electrons. The highest BCUT2D eigenvalue weighted by Crippen LogP contribution is 2.36. The Morgan fingerprint density at radius 1 is 1.00 bits per heavy atom. The number of sulfone groups is 1. The molecule has 0 N–H and O–H groups in total. The number of anilines is 2. The van der Waals surface area contributed by atoms with Crippen molar-refractivity contribution in [2.75, 3.05) is 29.1 Å². The summed E-state index contributed by atoms with van der Waals surface area (Å²) in [5, 5.41) is 0. The number of rotatable bonds is 3. The van der Waals surface area contributed by atoms with E-state index in [1.165, 1.54) is 6.07 Å². The summed E-state index contributed by atoms with van der Waals surface area (Å²) in [7, 11) is -3.63. The van der Waals surface area contributed by atoms with E-state index in [0.29, 0.717) is 17.0 Å². The number of nitrogens with zero attached hydrogens (tertiary/aromatic N) is 2. The van der Waals surface area contributed by atoms with Gasteiger partial charge in [-0.1, -0.05) is 19.1 Å². The summed E-state index contributed by atoms with van der Waals surface area (Å²) in [6, 6.07) is 11.5. The van der Waals surface area contributed by atoms with Crippen LogP contribution in [0.15, 0.2) is 47.4 Å². The summed E-state index contributed by atoms with van der Waals surface area (Å²) < 4.78 is 24.7. The number of piperidine rings is 1. The molecular weight excluding hydrogens is 376 g/mol. The van der Waals surface area contributed by atoms with Crippen LogP contribution in [-0.4, -0.2) is 39.6 Å². The molecule has 1 fully saturated rings. The Kier molecular flexibility index (Phi) is 4.50. The number of benzene rings is 2. The molecule has 2 heterocycles. The first-order valence-corrected chi connectivity index (χ1v) is 11.2. The Hall–Kier alpha value is -2.67. The molecule has 4 rings (SSSR count). The zero-order chi connectivity index (χ0) is 20.1. The molecule has 7 heteroatoms. The minimum atomic E-state index is -3.63. The van der Waals surface area contributed by atoms with Crippen LogP contribution in [-0.2, 0) is 9.84 Å². The molecule has 0 aliphatic carbocycles. The first-order valence-electron chi connectivity index (χ1n) is 9.34. The zero-order valence-electron chi connectivity index (χ0n) is 15.9. The number of fused-ring (bicyclic) bond motifs is 1. The molecule has 1 atom stereocenters. The molecule has 2 amide bonds. The summed E-state index contributed by atoms with van der Waals surface area (Å²) in [6.45, 7) is 3.91. The van der Waals surface area contributed by atoms with Crippen molar-refractivity contribution in [2.45, 2.75) is 24.7 Å². The maximum atomic E-state index is 12.9. The van der Waals surface area contributed by atoms with Crippen molar-refractivity contribution in [3.8, 4) is 0 Å². The highest BCUT2D eigenvalue weighted by Gasteiger charge is 2.38. The molecule has 1 saturated heterocycles. The fourth-order valence-electron chi connectivity index (χ4n) is 4.02. The molecule has 0 spiro atoms. The van der Waals surface area contributed by atoms with Gasteiger partial charge in [0.15, 0.2) is 9.84 Å². The Morgan fingerprint density at radius 2 is 1.64 bits per heavy atom. The van der Waals surface area contributed by atoms with Crippen molar-refractivity contribution >= 4 is 33.0 Å². The van der Waals surface area contributed by atoms with Crippen LogP contribution < -0.4 is 9.80 Å². The predicted molar refractivity (Wildman–Crippen MR) is 108 cm³/mol. The van der Waals surface area contributed by atoms with E-state index in [2.05, 4.69) is 11.8 Å². The minimum Gasteiger partial charge on any atom is -0.371 e. The van der Waals surface area contributed by atoms with Crippen molar-refractivity contribution < 1.29 is 18.0 Å². The summed E-state index contributed by atoms with van der Waals surface area (Å²) in [5.41, 5.74) is 1.54. The van der Waals surface area contributed by atoms with E-state index in [1.54, 1.807) is 36.4 Å². The van der Waals surface area contributed by atoms with Gasteiger partial charge in [-0.2, -0.15) is 0 Å². The Balaban J connectivity index is 1.84. The van der Waals surface area contributed by atoms with Crippen molar-refractivity contribution in [3.05, 3.63) is 53.6 Å². The van der Waals surface area contributed by atoms with E-state index in [9.17, 15) is 18.0 Å². The Morgan fingerprint density at radius 3 is 2.21 bits per heavy atom. The van der Waals surface area contributed by atoms with Crippen LogP contribution in [0.5, 0.6) is 0 Å². The van der Waals surface area contributed by atoms with Gasteiger partial charge in [-0.3, -0.25) is 9.59 Å². The third-order valence-corrected chi connectivity index (χ3v) is 6.54. The molecule has 0 aromatic heterocycles. The van der Waals surface area contributed by atoms with Gasteiger partial charge < -0.3 is 4.90 Å². The third kappa shape index (κ3) is 3.09. The van der Waals surface area contributed by atoms with E-state index in [0.717, 1.165) is 42.8 Å². The molecule has 1 unspecified atom stereocenters. The summed E-state index contributed by atoms with van der Waals surface area (Å²) in [4.78, 5) is 29.0. The van der Waals surface area contributed by atoms with E-state index in [1.807, 2.05) is 0 Å². The highest BCUT2D eigenvalue weighted by molar-refractivity contribution is 7.90. The fraction of sp³-hybridized carbons (Fsp3) is 0.333.